The molecule has 18 heavy (non-hydrogen) atoms. The van der Waals surface area contributed by atoms with Crippen LogP contribution in [-0.4, -0.2) is 14.8 Å². The molecular formula is C13H18ClN3S. The molecule has 1 unspecified atom stereocenters. The van der Waals surface area contributed by atoms with Crippen molar-refractivity contribution < 1.29 is 0 Å². The van der Waals surface area contributed by atoms with Gasteiger partial charge in [-0.05, 0) is 29.0 Å². The lowest BCUT2D eigenvalue weighted by Gasteiger charge is -2.24. The largest absolute Gasteiger partial charge is 0.293 e. The SMILES string of the molecule is CC(C)c1nnc(Cl)n1C(c1cccs1)C(C)C. The predicted octanol–water partition coefficient (Wildman–Crippen LogP) is 4.36. The highest BCUT2D eigenvalue weighted by Crippen LogP contribution is 2.34. The molecular weight excluding hydrogens is 266 g/mol. The van der Waals surface area contributed by atoms with E-state index in [2.05, 4.69) is 60.0 Å². The number of aromatic nitrogens is 3. The maximum absolute atomic E-state index is 6.24. The second-order valence-corrected chi connectivity index (χ2v) is 6.37. The van der Waals surface area contributed by atoms with Gasteiger partial charge in [-0.2, -0.15) is 0 Å². The molecule has 0 aromatic carbocycles. The fourth-order valence-corrected chi connectivity index (χ4v) is 3.37. The van der Waals surface area contributed by atoms with Crippen LogP contribution in [0.15, 0.2) is 17.5 Å². The van der Waals surface area contributed by atoms with E-state index >= 15 is 0 Å². The van der Waals surface area contributed by atoms with Crippen LogP contribution in [0.1, 0.15) is 50.4 Å². The lowest BCUT2D eigenvalue weighted by Crippen LogP contribution is -2.19. The molecule has 1 atom stereocenters. The van der Waals surface area contributed by atoms with Gasteiger partial charge in [0.25, 0.3) is 0 Å². The topological polar surface area (TPSA) is 30.7 Å². The molecule has 0 radical (unpaired) electrons. The van der Waals surface area contributed by atoms with E-state index in [1.54, 1.807) is 11.3 Å². The van der Waals surface area contributed by atoms with Crippen molar-refractivity contribution in [1.82, 2.24) is 14.8 Å². The summed E-state index contributed by atoms with van der Waals surface area (Å²) in [6.07, 6.45) is 0. The van der Waals surface area contributed by atoms with Crippen molar-refractivity contribution in [2.45, 2.75) is 39.7 Å². The summed E-state index contributed by atoms with van der Waals surface area (Å²) >= 11 is 7.99. The first-order chi connectivity index (χ1) is 8.52. The van der Waals surface area contributed by atoms with Crippen LogP contribution in [0.25, 0.3) is 0 Å². The number of halogens is 1. The van der Waals surface area contributed by atoms with Gasteiger partial charge in [-0.25, -0.2) is 0 Å². The van der Waals surface area contributed by atoms with Crippen molar-refractivity contribution in [2.24, 2.45) is 5.92 Å². The molecule has 0 N–H and O–H groups in total. The molecule has 5 heteroatoms. The molecule has 2 aromatic rings. The first kappa shape index (κ1) is 13.6. The van der Waals surface area contributed by atoms with Crippen LogP contribution >= 0.6 is 22.9 Å². The first-order valence-corrected chi connectivity index (χ1v) is 7.41. The standard InChI is InChI=1S/C13H18ClN3S/c1-8(2)11(10-6-5-7-18-10)17-12(9(3)4)15-16-13(17)14/h5-9,11H,1-4H3. The molecule has 2 aromatic heterocycles. The average Bonchev–Trinajstić information content (AvgIpc) is 2.90. The number of nitrogens with zero attached hydrogens (tertiary/aromatic N) is 3. The van der Waals surface area contributed by atoms with Crippen LogP contribution in [0.3, 0.4) is 0 Å². The molecule has 0 spiro atoms. The Labute approximate surface area is 117 Å². The van der Waals surface area contributed by atoms with Crippen molar-refractivity contribution in [3.63, 3.8) is 0 Å². The molecule has 0 aliphatic heterocycles. The molecule has 2 heterocycles. The molecule has 0 bridgehead atoms. The summed E-state index contributed by atoms with van der Waals surface area (Å²) in [4.78, 5) is 1.30. The van der Waals surface area contributed by atoms with Gasteiger partial charge >= 0.3 is 0 Å². The van der Waals surface area contributed by atoms with Crippen LogP contribution < -0.4 is 0 Å². The number of rotatable bonds is 4. The zero-order chi connectivity index (χ0) is 13.3. The summed E-state index contributed by atoms with van der Waals surface area (Å²) < 4.78 is 2.07. The molecule has 2 rings (SSSR count). The summed E-state index contributed by atoms with van der Waals surface area (Å²) in [6, 6.07) is 4.43. The first-order valence-electron chi connectivity index (χ1n) is 6.16. The summed E-state index contributed by atoms with van der Waals surface area (Å²) in [5.74, 6) is 1.70. The van der Waals surface area contributed by atoms with Gasteiger partial charge in [0.05, 0.1) is 6.04 Å². The second kappa shape index (κ2) is 5.41. The summed E-state index contributed by atoms with van der Waals surface area (Å²) in [6.45, 7) is 8.63. The zero-order valence-electron chi connectivity index (χ0n) is 11.1. The van der Waals surface area contributed by atoms with Gasteiger partial charge in [-0.15, -0.1) is 21.5 Å². The molecule has 0 amide bonds. The van der Waals surface area contributed by atoms with Gasteiger partial charge in [-0.1, -0.05) is 33.8 Å². The minimum absolute atomic E-state index is 0.213. The Morgan fingerprint density at radius 3 is 2.44 bits per heavy atom. The fraction of sp³-hybridized carbons (Fsp3) is 0.538. The number of hydrogen-bond acceptors (Lipinski definition) is 3. The van der Waals surface area contributed by atoms with E-state index < -0.39 is 0 Å². The third-order valence-corrected chi connectivity index (χ3v) is 4.14. The fourth-order valence-electron chi connectivity index (χ4n) is 2.15. The van der Waals surface area contributed by atoms with Gasteiger partial charge in [0.15, 0.2) is 0 Å². The van der Waals surface area contributed by atoms with Gasteiger partial charge in [0.1, 0.15) is 5.82 Å². The highest BCUT2D eigenvalue weighted by atomic mass is 35.5. The van der Waals surface area contributed by atoms with E-state index in [1.165, 1.54) is 4.88 Å². The summed E-state index contributed by atoms with van der Waals surface area (Å²) in [7, 11) is 0. The molecule has 0 aliphatic rings. The third kappa shape index (κ3) is 2.45. The van der Waals surface area contributed by atoms with E-state index in [1.807, 2.05) is 0 Å². The summed E-state index contributed by atoms with van der Waals surface area (Å²) in [5.41, 5.74) is 0. The summed E-state index contributed by atoms with van der Waals surface area (Å²) in [5, 5.41) is 10.8. The Hall–Kier alpha value is -0.870. The maximum atomic E-state index is 6.24. The Morgan fingerprint density at radius 2 is 1.94 bits per heavy atom. The average molecular weight is 284 g/mol. The lowest BCUT2D eigenvalue weighted by atomic mass is 10.0. The number of thiophene rings is 1. The zero-order valence-corrected chi connectivity index (χ0v) is 12.7. The van der Waals surface area contributed by atoms with E-state index in [-0.39, 0.29) is 6.04 Å². The lowest BCUT2D eigenvalue weighted by molar-refractivity contribution is 0.425. The van der Waals surface area contributed by atoms with Gasteiger partial charge in [0, 0.05) is 10.8 Å². The number of hydrogen-bond donors (Lipinski definition) is 0. The predicted molar refractivity (Wildman–Crippen MR) is 76.4 cm³/mol. The van der Waals surface area contributed by atoms with Crippen LogP contribution in [0.2, 0.25) is 5.28 Å². The third-order valence-electron chi connectivity index (χ3n) is 2.94. The van der Waals surface area contributed by atoms with Crippen LogP contribution in [0.5, 0.6) is 0 Å². The Morgan fingerprint density at radius 1 is 1.22 bits per heavy atom. The quantitative estimate of drug-likeness (QED) is 0.834. The van der Waals surface area contributed by atoms with E-state index in [4.69, 9.17) is 11.6 Å². The smallest absolute Gasteiger partial charge is 0.225 e. The van der Waals surface area contributed by atoms with Crippen molar-refractivity contribution in [2.75, 3.05) is 0 Å². The van der Waals surface area contributed by atoms with E-state index in [0.717, 1.165) is 5.82 Å². The van der Waals surface area contributed by atoms with Crippen molar-refractivity contribution in [1.29, 1.82) is 0 Å². The van der Waals surface area contributed by atoms with Gasteiger partial charge in [-0.3, -0.25) is 4.57 Å². The van der Waals surface area contributed by atoms with Gasteiger partial charge < -0.3 is 0 Å². The monoisotopic (exact) mass is 283 g/mol. The van der Waals surface area contributed by atoms with Crippen LogP contribution in [0.4, 0.5) is 0 Å². The highest BCUT2D eigenvalue weighted by Gasteiger charge is 2.26. The molecule has 3 nitrogen and oxygen atoms in total. The second-order valence-electron chi connectivity index (χ2n) is 5.06. The molecule has 98 valence electrons. The van der Waals surface area contributed by atoms with Crippen LogP contribution in [-0.2, 0) is 0 Å². The van der Waals surface area contributed by atoms with Crippen LogP contribution in [0, 0.1) is 5.92 Å². The Kier molecular flexibility index (Phi) is 4.07. The molecule has 0 fully saturated rings. The highest BCUT2D eigenvalue weighted by molar-refractivity contribution is 7.10. The van der Waals surface area contributed by atoms with Crippen molar-refractivity contribution >= 4 is 22.9 Å². The minimum atomic E-state index is 0.213. The van der Waals surface area contributed by atoms with Gasteiger partial charge in [0.2, 0.25) is 5.28 Å². The Bertz CT molecular complexity index is 502. The molecule has 0 aliphatic carbocycles. The maximum Gasteiger partial charge on any atom is 0.225 e. The Balaban J connectivity index is 2.53. The molecule has 0 saturated carbocycles. The van der Waals surface area contributed by atoms with Crippen molar-refractivity contribution in [3.8, 4) is 0 Å². The normalized spacial score (nSPS) is 13.5. The van der Waals surface area contributed by atoms with E-state index in [0.29, 0.717) is 17.1 Å². The van der Waals surface area contributed by atoms with Crippen molar-refractivity contribution in [3.05, 3.63) is 33.5 Å². The van der Waals surface area contributed by atoms with E-state index in [9.17, 15) is 0 Å². The molecule has 0 saturated heterocycles. The minimum Gasteiger partial charge on any atom is -0.293 e.